The first-order chi connectivity index (χ1) is 17.6. The van der Waals surface area contributed by atoms with E-state index in [9.17, 15) is 32.3 Å². The van der Waals surface area contributed by atoms with Gasteiger partial charge in [-0.3, -0.25) is 19.2 Å². The third-order valence-electron chi connectivity index (χ3n) is 7.47. The first-order valence-corrected chi connectivity index (χ1v) is 11.5. The second kappa shape index (κ2) is 7.69. The fourth-order valence-corrected chi connectivity index (χ4v) is 5.76. The molecule has 6 rings (SSSR count). The normalized spacial score (nSPS) is 24.2. The van der Waals surface area contributed by atoms with Crippen molar-refractivity contribution in [2.45, 2.75) is 24.8 Å². The van der Waals surface area contributed by atoms with Crippen LogP contribution < -0.4 is 4.90 Å². The van der Waals surface area contributed by atoms with Crippen molar-refractivity contribution in [1.29, 1.82) is 0 Å². The summed E-state index contributed by atoms with van der Waals surface area (Å²) >= 11 is 0. The summed E-state index contributed by atoms with van der Waals surface area (Å²) < 4.78 is 45.5. The largest absolute Gasteiger partial charge is 0.416 e. The Bertz CT molecular complexity index is 1480. The Labute approximate surface area is 208 Å². The number of aryl methyl sites for hydroxylation is 1. The van der Waals surface area contributed by atoms with Gasteiger partial charge in [-0.25, -0.2) is 4.90 Å². The number of hydrogen-bond donors (Lipinski definition) is 0. The minimum absolute atomic E-state index is 0.0773. The van der Waals surface area contributed by atoms with E-state index in [2.05, 4.69) is 0 Å². The minimum atomic E-state index is -4.60. The lowest BCUT2D eigenvalue weighted by Crippen LogP contribution is -2.51. The smallest absolute Gasteiger partial charge is 0.349 e. The number of nitrogens with zero attached hydrogens (tertiary/aromatic N) is 1. The molecule has 2 saturated heterocycles. The minimum Gasteiger partial charge on any atom is -0.349 e. The van der Waals surface area contributed by atoms with Crippen LogP contribution in [0.15, 0.2) is 72.8 Å². The van der Waals surface area contributed by atoms with Crippen LogP contribution in [0.3, 0.4) is 0 Å². The molecule has 9 heteroatoms. The molecule has 2 fully saturated rings. The summed E-state index contributed by atoms with van der Waals surface area (Å²) in [6, 6.07) is 16.7. The standard InChI is InChI=1S/C28H18F3NO5/c1-14-6-2-3-7-17(14)22-20-21(27(37-22)23(33)18-8-4-5-9-19(18)24(27)34)26(36)32(25(20)35)16-12-10-15(11-13-16)28(29,30)31/h2-13,20-22H,1H3/t20-,21+,22-/m1/s1. The van der Waals surface area contributed by atoms with Crippen LogP contribution in [-0.4, -0.2) is 29.0 Å². The number of alkyl halides is 3. The zero-order chi connectivity index (χ0) is 26.3. The molecule has 1 spiro atoms. The number of ether oxygens (including phenoxy) is 1. The topological polar surface area (TPSA) is 80.8 Å². The predicted molar refractivity (Wildman–Crippen MR) is 124 cm³/mol. The van der Waals surface area contributed by atoms with Crippen LogP contribution in [0, 0.1) is 18.8 Å². The summed E-state index contributed by atoms with van der Waals surface area (Å²) in [5.41, 5.74) is -1.78. The molecule has 1 aliphatic carbocycles. The van der Waals surface area contributed by atoms with Crippen molar-refractivity contribution < 1.29 is 37.1 Å². The molecular formula is C28H18F3NO5. The quantitative estimate of drug-likeness (QED) is 0.372. The molecule has 37 heavy (non-hydrogen) atoms. The van der Waals surface area contributed by atoms with Gasteiger partial charge >= 0.3 is 6.18 Å². The van der Waals surface area contributed by atoms with Crippen LogP contribution in [0.25, 0.3) is 0 Å². The highest BCUT2D eigenvalue weighted by atomic mass is 19.4. The van der Waals surface area contributed by atoms with Gasteiger partial charge in [0.1, 0.15) is 0 Å². The van der Waals surface area contributed by atoms with Crippen molar-refractivity contribution in [2.24, 2.45) is 11.8 Å². The highest BCUT2D eigenvalue weighted by Crippen LogP contribution is 2.58. The van der Waals surface area contributed by atoms with Crippen molar-refractivity contribution in [3.8, 4) is 0 Å². The van der Waals surface area contributed by atoms with Gasteiger partial charge < -0.3 is 4.74 Å². The molecular weight excluding hydrogens is 487 g/mol. The number of imide groups is 1. The first-order valence-electron chi connectivity index (χ1n) is 11.5. The van der Waals surface area contributed by atoms with E-state index in [1.165, 1.54) is 12.1 Å². The van der Waals surface area contributed by atoms with E-state index in [1.807, 2.05) is 0 Å². The molecule has 0 unspecified atom stereocenters. The van der Waals surface area contributed by atoms with Gasteiger partial charge in [-0.15, -0.1) is 0 Å². The lowest BCUT2D eigenvalue weighted by molar-refractivity contribution is -0.137. The number of carbonyl (C=O) groups excluding carboxylic acids is 4. The van der Waals surface area contributed by atoms with Crippen LogP contribution in [0.5, 0.6) is 0 Å². The van der Waals surface area contributed by atoms with Crippen molar-refractivity contribution in [2.75, 3.05) is 4.90 Å². The molecule has 2 aliphatic heterocycles. The van der Waals surface area contributed by atoms with E-state index >= 15 is 0 Å². The summed E-state index contributed by atoms with van der Waals surface area (Å²) in [5.74, 6) is -5.70. The summed E-state index contributed by atoms with van der Waals surface area (Å²) in [4.78, 5) is 55.9. The molecule has 3 atom stereocenters. The SMILES string of the molecule is Cc1ccccc1[C@H]1OC2(C(=O)c3ccccc3C2=O)[C@@H]2C(=O)N(c3ccc(C(F)(F)F)cc3)C(=O)[C@@H]12. The fourth-order valence-electron chi connectivity index (χ4n) is 5.76. The molecule has 2 amide bonds. The lowest BCUT2D eigenvalue weighted by Gasteiger charge is -2.27. The number of halogens is 3. The molecule has 6 nitrogen and oxygen atoms in total. The molecule has 186 valence electrons. The molecule has 2 heterocycles. The summed E-state index contributed by atoms with van der Waals surface area (Å²) in [7, 11) is 0. The molecule has 0 N–H and O–H groups in total. The monoisotopic (exact) mass is 505 g/mol. The van der Waals surface area contributed by atoms with E-state index in [-0.39, 0.29) is 16.8 Å². The summed E-state index contributed by atoms with van der Waals surface area (Å²) in [6.07, 6.45) is -5.69. The number of carbonyl (C=O) groups is 4. The van der Waals surface area contributed by atoms with Gasteiger partial charge in [0.25, 0.3) is 0 Å². The molecule has 0 saturated carbocycles. The maximum Gasteiger partial charge on any atom is 0.416 e. The van der Waals surface area contributed by atoms with Crippen LogP contribution in [-0.2, 0) is 20.5 Å². The fraction of sp³-hybridized carbons (Fsp3) is 0.214. The summed E-state index contributed by atoms with van der Waals surface area (Å²) in [6.45, 7) is 1.78. The van der Waals surface area contributed by atoms with Gasteiger partial charge in [0, 0.05) is 11.1 Å². The molecule has 3 aliphatic rings. The Kier molecular flexibility index (Phi) is 4.84. The Hall–Kier alpha value is -4.11. The van der Waals surface area contributed by atoms with Gasteiger partial charge in [-0.05, 0) is 42.3 Å². The molecule has 3 aromatic carbocycles. The Balaban J connectivity index is 1.51. The Morgan fingerprint density at radius 3 is 1.92 bits per heavy atom. The second-order valence-corrected chi connectivity index (χ2v) is 9.39. The molecule has 0 bridgehead atoms. The van der Waals surface area contributed by atoms with Gasteiger partial charge in [0.2, 0.25) is 29.0 Å². The number of Topliss-reactive ketones (excluding diaryl/α,β-unsaturated/α-hetero) is 2. The number of fused-ring (bicyclic) bond motifs is 3. The molecule has 3 aromatic rings. The Morgan fingerprint density at radius 2 is 1.35 bits per heavy atom. The van der Waals surface area contributed by atoms with Crippen molar-refractivity contribution >= 4 is 29.1 Å². The summed E-state index contributed by atoms with van der Waals surface area (Å²) in [5, 5.41) is 0. The lowest BCUT2D eigenvalue weighted by atomic mass is 9.77. The third-order valence-corrected chi connectivity index (χ3v) is 7.47. The van der Waals surface area contributed by atoms with E-state index in [0.717, 1.165) is 34.7 Å². The maximum atomic E-state index is 13.8. The van der Waals surface area contributed by atoms with Gasteiger partial charge in [0.05, 0.1) is 29.2 Å². The van der Waals surface area contributed by atoms with Crippen LogP contribution >= 0.6 is 0 Å². The van der Waals surface area contributed by atoms with Crippen molar-refractivity contribution in [3.63, 3.8) is 0 Å². The van der Waals surface area contributed by atoms with Crippen molar-refractivity contribution in [1.82, 2.24) is 0 Å². The first kappa shape index (κ1) is 23.3. The van der Waals surface area contributed by atoms with Gasteiger partial charge in [0.15, 0.2) is 0 Å². The van der Waals surface area contributed by atoms with Crippen LogP contribution in [0.2, 0.25) is 0 Å². The maximum absolute atomic E-state index is 13.8. The van der Waals surface area contributed by atoms with E-state index in [1.54, 1.807) is 43.3 Å². The average Bonchev–Trinajstić information content (AvgIpc) is 3.44. The third kappa shape index (κ3) is 3.03. The number of rotatable bonds is 2. The number of anilines is 1. The van der Waals surface area contributed by atoms with Crippen molar-refractivity contribution in [3.05, 3.63) is 101 Å². The van der Waals surface area contributed by atoms with Crippen LogP contribution in [0.1, 0.15) is 43.5 Å². The Morgan fingerprint density at radius 1 is 0.784 bits per heavy atom. The number of benzene rings is 3. The van der Waals surface area contributed by atoms with E-state index in [4.69, 9.17) is 4.74 Å². The zero-order valence-corrected chi connectivity index (χ0v) is 19.3. The zero-order valence-electron chi connectivity index (χ0n) is 19.3. The van der Waals surface area contributed by atoms with Gasteiger partial charge in [-0.2, -0.15) is 13.2 Å². The second-order valence-electron chi connectivity index (χ2n) is 9.39. The van der Waals surface area contributed by atoms with E-state index < -0.39 is 58.7 Å². The highest BCUT2D eigenvalue weighted by molar-refractivity contribution is 6.37. The molecule has 0 radical (unpaired) electrons. The number of amides is 2. The molecule has 0 aromatic heterocycles. The van der Waals surface area contributed by atoms with E-state index in [0.29, 0.717) is 5.56 Å². The predicted octanol–water partition coefficient (Wildman–Crippen LogP) is 4.71. The highest BCUT2D eigenvalue weighted by Gasteiger charge is 2.74. The number of ketones is 2. The number of hydrogen-bond acceptors (Lipinski definition) is 5. The van der Waals surface area contributed by atoms with Gasteiger partial charge in [-0.1, -0.05) is 48.5 Å². The average molecular weight is 505 g/mol. The van der Waals surface area contributed by atoms with Crippen LogP contribution in [0.4, 0.5) is 18.9 Å².